The van der Waals surface area contributed by atoms with Gasteiger partial charge >= 0.3 is 0 Å². The van der Waals surface area contributed by atoms with Crippen LogP contribution in [0.4, 0.5) is 0 Å². The van der Waals surface area contributed by atoms with Crippen LogP contribution in [0.5, 0.6) is 0 Å². The molecule has 1 unspecified atom stereocenters. The normalized spacial score (nSPS) is 19.5. The molecule has 6 heteroatoms. The van der Waals surface area contributed by atoms with Gasteiger partial charge in [0.05, 0.1) is 8.67 Å². The highest BCUT2D eigenvalue weighted by Crippen LogP contribution is 2.32. The van der Waals surface area contributed by atoms with Crippen LogP contribution < -0.4 is 5.73 Å². The van der Waals surface area contributed by atoms with Crippen molar-refractivity contribution in [1.82, 2.24) is 4.90 Å². The Morgan fingerprint density at radius 2 is 2.33 bits per heavy atom. The number of hydrogen-bond acceptors (Lipinski definition) is 3. The molecule has 1 aromatic rings. The second kappa shape index (κ2) is 6.24. The number of thiophene rings is 1. The third-order valence-electron chi connectivity index (χ3n) is 3.14. The summed E-state index contributed by atoms with van der Waals surface area (Å²) in [5.41, 5.74) is 6.82. The number of carbonyl (C=O) groups is 1. The molecule has 2 rings (SSSR count). The molecule has 0 spiro atoms. The van der Waals surface area contributed by atoms with Crippen LogP contribution >= 0.6 is 34.5 Å². The van der Waals surface area contributed by atoms with Crippen molar-refractivity contribution in [3.63, 3.8) is 0 Å². The Bertz CT molecular complexity index is 436. The highest BCUT2D eigenvalue weighted by molar-refractivity contribution is 7.20. The van der Waals surface area contributed by atoms with Gasteiger partial charge < -0.3 is 10.6 Å². The molecule has 1 fully saturated rings. The van der Waals surface area contributed by atoms with Crippen LogP contribution in [0.3, 0.4) is 0 Å². The van der Waals surface area contributed by atoms with Crippen molar-refractivity contribution in [2.45, 2.75) is 31.7 Å². The van der Waals surface area contributed by atoms with Gasteiger partial charge in [-0.05, 0) is 30.9 Å². The van der Waals surface area contributed by atoms with E-state index in [1.807, 2.05) is 11.0 Å². The van der Waals surface area contributed by atoms with Crippen LogP contribution in [0.25, 0.3) is 0 Å². The fourth-order valence-electron chi connectivity index (χ4n) is 2.15. The van der Waals surface area contributed by atoms with Crippen molar-refractivity contribution in [2.75, 3.05) is 13.1 Å². The predicted octanol–water partition coefficient (Wildman–Crippen LogP) is 2.94. The Hall–Kier alpha value is -0.290. The summed E-state index contributed by atoms with van der Waals surface area (Å²) < 4.78 is 1.43. The Morgan fingerprint density at radius 3 is 2.89 bits per heavy atom. The number of likely N-dealkylation sites (tertiary alicyclic amines) is 1. The van der Waals surface area contributed by atoms with E-state index in [4.69, 9.17) is 28.9 Å². The van der Waals surface area contributed by atoms with Gasteiger partial charge in [0.25, 0.3) is 0 Å². The molecule has 1 atom stereocenters. The lowest BCUT2D eigenvalue weighted by Crippen LogP contribution is -2.31. The maximum atomic E-state index is 11.9. The molecule has 0 radical (unpaired) electrons. The van der Waals surface area contributed by atoms with E-state index in [2.05, 4.69) is 0 Å². The Morgan fingerprint density at radius 1 is 1.56 bits per heavy atom. The second-order valence-corrected chi connectivity index (χ2v) is 6.88. The Balaban J connectivity index is 1.75. The minimum absolute atomic E-state index is 0.152. The number of hydrogen-bond donors (Lipinski definition) is 1. The summed E-state index contributed by atoms with van der Waals surface area (Å²) in [5.74, 6) is 0.195. The van der Waals surface area contributed by atoms with Crippen LogP contribution in [0.15, 0.2) is 6.07 Å². The molecule has 100 valence electrons. The number of rotatable bonds is 4. The van der Waals surface area contributed by atoms with Crippen molar-refractivity contribution in [3.05, 3.63) is 20.3 Å². The van der Waals surface area contributed by atoms with Crippen LogP contribution in [0, 0.1) is 0 Å². The first-order chi connectivity index (χ1) is 8.56. The highest BCUT2D eigenvalue weighted by Gasteiger charge is 2.22. The topological polar surface area (TPSA) is 46.3 Å². The van der Waals surface area contributed by atoms with Gasteiger partial charge in [-0.2, -0.15) is 0 Å². The summed E-state index contributed by atoms with van der Waals surface area (Å²) in [7, 11) is 0. The molecule has 1 saturated heterocycles. The first-order valence-corrected chi connectivity index (χ1v) is 7.60. The number of carbonyl (C=O) groups excluding carboxylic acids is 1. The van der Waals surface area contributed by atoms with E-state index in [0.29, 0.717) is 17.3 Å². The summed E-state index contributed by atoms with van der Waals surface area (Å²) in [5, 5.41) is 0. The number of nitrogens with zero attached hydrogens (tertiary/aromatic N) is 1. The molecule has 0 saturated carbocycles. The summed E-state index contributed by atoms with van der Waals surface area (Å²) in [6.45, 7) is 1.49. The molecule has 2 heterocycles. The maximum Gasteiger partial charge on any atom is 0.222 e. The number of nitrogens with two attached hydrogens (primary N) is 1. The zero-order valence-electron chi connectivity index (χ0n) is 9.99. The highest BCUT2D eigenvalue weighted by atomic mass is 35.5. The third kappa shape index (κ3) is 3.60. The van der Waals surface area contributed by atoms with E-state index >= 15 is 0 Å². The first-order valence-electron chi connectivity index (χ1n) is 6.03. The lowest BCUT2D eigenvalue weighted by atomic mass is 10.1. The Kier molecular flexibility index (Phi) is 4.90. The van der Waals surface area contributed by atoms with Gasteiger partial charge in [0, 0.05) is 25.6 Å². The summed E-state index contributed by atoms with van der Waals surface area (Å²) in [6.07, 6.45) is 3.07. The quantitative estimate of drug-likeness (QED) is 0.929. The van der Waals surface area contributed by atoms with Gasteiger partial charge in [-0.15, -0.1) is 11.3 Å². The fourth-order valence-corrected chi connectivity index (χ4v) is 3.69. The van der Waals surface area contributed by atoms with Crippen molar-refractivity contribution in [2.24, 2.45) is 5.73 Å². The zero-order valence-corrected chi connectivity index (χ0v) is 12.3. The first kappa shape index (κ1) is 14.1. The van der Waals surface area contributed by atoms with E-state index in [-0.39, 0.29) is 11.9 Å². The molecule has 18 heavy (non-hydrogen) atoms. The zero-order chi connectivity index (χ0) is 13.1. The van der Waals surface area contributed by atoms with E-state index in [1.54, 1.807) is 0 Å². The van der Waals surface area contributed by atoms with Gasteiger partial charge in [0.15, 0.2) is 0 Å². The van der Waals surface area contributed by atoms with E-state index < -0.39 is 0 Å². The van der Waals surface area contributed by atoms with E-state index in [1.165, 1.54) is 11.3 Å². The van der Waals surface area contributed by atoms with Gasteiger partial charge in [-0.1, -0.05) is 23.2 Å². The van der Waals surface area contributed by atoms with E-state index in [0.717, 1.165) is 35.7 Å². The molecule has 1 aliphatic rings. The van der Waals surface area contributed by atoms with Gasteiger partial charge in [0.1, 0.15) is 0 Å². The van der Waals surface area contributed by atoms with Gasteiger partial charge in [-0.25, -0.2) is 0 Å². The minimum atomic E-state index is 0.152. The van der Waals surface area contributed by atoms with Crippen molar-refractivity contribution < 1.29 is 4.79 Å². The molecule has 0 aromatic carbocycles. The summed E-state index contributed by atoms with van der Waals surface area (Å²) in [4.78, 5) is 13.7. The summed E-state index contributed by atoms with van der Waals surface area (Å²) in [6, 6.07) is 2.03. The Labute approximate surface area is 121 Å². The largest absolute Gasteiger partial charge is 0.341 e. The molecule has 3 nitrogen and oxygen atoms in total. The molecule has 2 N–H and O–H groups in total. The van der Waals surface area contributed by atoms with Crippen molar-refractivity contribution in [3.8, 4) is 0 Å². The number of amides is 1. The average Bonchev–Trinajstić information content (AvgIpc) is 2.86. The van der Waals surface area contributed by atoms with Crippen LogP contribution in [0.2, 0.25) is 8.67 Å². The standard InChI is InChI=1S/C12H16Cl2N2OS/c13-10-6-8(12(14)18-10)2-1-3-11(17)16-5-4-9(15)7-16/h6,9H,1-5,7,15H2. The number of aryl methyl sites for hydroxylation is 1. The van der Waals surface area contributed by atoms with Crippen LogP contribution in [0.1, 0.15) is 24.8 Å². The van der Waals surface area contributed by atoms with Crippen LogP contribution in [-0.4, -0.2) is 29.9 Å². The van der Waals surface area contributed by atoms with E-state index in [9.17, 15) is 4.79 Å². The predicted molar refractivity (Wildman–Crippen MR) is 76.4 cm³/mol. The smallest absolute Gasteiger partial charge is 0.222 e. The minimum Gasteiger partial charge on any atom is -0.341 e. The molecule has 1 amide bonds. The van der Waals surface area contributed by atoms with Gasteiger partial charge in [-0.3, -0.25) is 4.79 Å². The molecular formula is C12H16Cl2N2OS. The fraction of sp³-hybridized carbons (Fsp3) is 0.583. The summed E-state index contributed by atoms with van der Waals surface area (Å²) >= 11 is 13.3. The molecule has 1 aromatic heterocycles. The second-order valence-electron chi connectivity index (χ2n) is 4.59. The van der Waals surface area contributed by atoms with Crippen LogP contribution in [-0.2, 0) is 11.2 Å². The molecule has 0 aliphatic carbocycles. The van der Waals surface area contributed by atoms with Gasteiger partial charge in [0.2, 0.25) is 5.91 Å². The average molecular weight is 307 g/mol. The molecular weight excluding hydrogens is 291 g/mol. The third-order valence-corrected chi connectivity index (χ3v) is 4.71. The monoisotopic (exact) mass is 306 g/mol. The lowest BCUT2D eigenvalue weighted by Gasteiger charge is -2.15. The maximum absolute atomic E-state index is 11.9. The van der Waals surface area contributed by atoms with Crippen molar-refractivity contribution in [1.29, 1.82) is 0 Å². The molecule has 1 aliphatic heterocycles. The lowest BCUT2D eigenvalue weighted by molar-refractivity contribution is -0.130. The van der Waals surface area contributed by atoms with Crippen molar-refractivity contribution >= 4 is 40.4 Å². The molecule has 0 bridgehead atoms. The number of halogens is 2. The SMILES string of the molecule is NC1CCN(C(=O)CCCc2cc(Cl)sc2Cl)C1.